The molecular weight excluding hydrogens is 294 g/mol. The van der Waals surface area contributed by atoms with E-state index in [0.29, 0.717) is 5.92 Å². The number of furan rings is 1. The predicted octanol–water partition coefficient (Wildman–Crippen LogP) is 3.67. The van der Waals surface area contributed by atoms with Gasteiger partial charge in [-0.25, -0.2) is 4.99 Å². The van der Waals surface area contributed by atoms with Crippen molar-refractivity contribution >= 4 is 17.3 Å². The van der Waals surface area contributed by atoms with Crippen LogP contribution in [-0.4, -0.2) is 19.0 Å². The maximum Gasteiger partial charge on any atom is 0.191 e. The first kappa shape index (κ1) is 16.6. The van der Waals surface area contributed by atoms with Crippen molar-refractivity contribution < 1.29 is 4.42 Å². The molecule has 4 nitrogen and oxygen atoms in total. The molecule has 0 spiro atoms. The van der Waals surface area contributed by atoms with Gasteiger partial charge in [0.1, 0.15) is 5.76 Å². The van der Waals surface area contributed by atoms with Crippen molar-refractivity contribution in [2.75, 3.05) is 13.1 Å². The molecular formula is C17H25N3OS. The molecule has 0 aliphatic rings. The Kier molecular flexibility index (Phi) is 7.03. The van der Waals surface area contributed by atoms with E-state index in [1.54, 1.807) is 17.6 Å². The van der Waals surface area contributed by atoms with Crippen LogP contribution in [0.2, 0.25) is 0 Å². The van der Waals surface area contributed by atoms with Crippen LogP contribution in [0.4, 0.5) is 0 Å². The molecule has 0 atom stereocenters. The van der Waals surface area contributed by atoms with E-state index in [4.69, 9.17) is 4.42 Å². The van der Waals surface area contributed by atoms with Gasteiger partial charge in [-0.15, -0.1) is 11.3 Å². The predicted molar refractivity (Wildman–Crippen MR) is 93.3 cm³/mol. The lowest BCUT2D eigenvalue weighted by molar-refractivity contribution is 0.506. The van der Waals surface area contributed by atoms with E-state index in [-0.39, 0.29) is 0 Å². The van der Waals surface area contributed by atoms with Crippen molar-refractivity contribution in [2.24, 2.45) is 10.9 Å². The summed E-state index contributed by atoms with van der Waals surface area (Å²) in [7, 11) is 0. The van der Waals surface area contributed by atoms with Gasteiger partial charge >= 0.3 is 0 Å². The zero-order chi connectivity index (χ0) is 15.6. The average Bonchev–Trinajstić information content (AvgIpc) is 3.17. The maximum atomic E-state index is 5.35. The Morgan fingerprint density at radius 3 is 2.77 bits per heavy atom. The lowest BCUT2D eigenvalue weighted by atomic mass is 10.1. The molecule has 2 aromatic rings. The van der Waals surface area contributed by atoms with Gasteiger partial charge in [0, 0.05) is 24.4 Å². The van der Waals surface area contributed by atoms with E-state index in [2.05, 4.69) is 47.0 Å². The summed E-state index contributed by atoms with van der Waals surface area (Å²) < 4.78 is 5.35. The van der Waals surface area contributed by atoms with Crippen molar-refractivity contribution in [3.63, 3.8) is 0 Å². The average molecular weight is 319 g/mol. The topological polar surface area (TPSA) is 49.6 Å². The van der Waals surface area contributed by atoms with Crippen molar-refractivity contribution in [3.8, 4) is 0 Å². The molecule has 0 aliphatic heterocycles. The van der Waals surface area contributed by atoms with E-state index in [0.717, 1.165) is 44.2 Å². The SMILES string of the molecule is CC(C)CCNC(=NCc1cccs1)NCCc1ccco1. The smallest absolute Gasteiger partial charge is 0.191 e. The van der Waals surface area contributed by atoms with Gasteiger partial charge in [0.15, 0.2) is 5.96 Å². The minimum atomic E-state index is 0.689. The molecule has 0 saturated carbocycles. The number of rotatable bonds is 8. The Bertz CT molecular complexity index is 532. The minimum absolute atomic E-state index is 0.689. The highest BCUT2D eigenvalue weighted by Gasteiger charge is 2.02. The van der Waals surface area contributed by atoms with Crippen molar-refractivity contribution in [2.45, 2.75) is 33.2 Å². The second-order valence-electron chi connectivity index (χ2n) is 5.61. The third kappa shape index (κ3) is 6.35. The molecule has 0 aliphatic carbocycles. The first-order valence-electron chi connectivity index (χ1n) is 7.81. The quantitative estimate of drug-likeness (QED) is 0.576. The molecule has 0 unspecified atom stereocenters. The molecule has 0 fully saturated rings. The number of nitrogens with zero attached hydrogens (tertiary/aromatic N) is 1. The molecule has 2 aromatic heterocycles. The molecule has 2 heterocycles. The Labute approximate surface area is 136 Å². The lowest BCUT2D eigenvalue weighted by Crippen LogP contribution is -2.39. The molecule has 0 aromatic carbocycles. The summed E-state index contributed by atoms with van der Waals surface area (Å²) in [6, 6.07) is 8.09. The maximum absolute atomic E-state index is 5.35. The van der Waals surface area contributed by atoms with Gasteiger partial charge in [0.25, 0.3) is 0 Å². The van der Waals surface area contributed by atoms with E-state index >= 15 is 0 Å². The van der Waals surface area contributed by atoms with Gasteiger partial charge in [-0.2, -0.15) is 0 Å². The highest BCUT2D eigenvalue weighted by atomic mass is 32.1. The number of hydrogen-bond donors (Lipinski definition) is 2. The molecule has 120 valence electrons. The number of nitrogens with one attached hydrogen (secondary N) is 2. The second-order valence-corrected chi connectivity index (χ2v) is 6.64. The molecule has 2 N–H and O–H groups in total. The van der Waals surface area contributed by atoms with Crippen LogP contribution in [0.15, 0.2) is 45.3 Å². The van der Waals surface area contributed by atoms with Gasteiger partial charge in [0.2, 0.25) is 0 Å². The minimum Gasteiger partial charge on any atom is -0.469 e. The fourth-order valence-electron chi connectivity index (χ4n) is 1.97. The Hall–Kier alpha value is -1.75. The molecule has 22 heavy (non-hydrogen) atoms. The van der Waals surface area contributed by atoms with E-state index in [1.165, 1.54) is 4.88 Å². The molecule has 5 heteroatoms. The van der Waals surface area contributed by atoms with Crippen molar-refractivity contribution in [1.29, 1.82) is 0 Å². The largest absolute Gasteiger partial charge is 0.469 e. The zero-order valence-corrected chi connectivity index (χ0v) is 14.2. The summed E-state index contributed by atoms with van der Waals surface area (Å²) >= 11 is 1.74. The van der Waals surface area contributed by atoms with E-state index in [1.807, 2.05) is 12.1 Å². The van der Waals surface area contributed by atoms with Crippen LogP contribution < -0.4 is 10.6 Å². The normalized spacial score (nSPS) is 11.9. The van der Waals surface area contributed by atoms with Crippen LogP contribution >= 0.6 is 11.3 Å². The number of hydrogen-bond acceptors (Lipinski definition) is 3. The Morgan fingerprint density at radius 1 is 1.23 bits per heavy atom. The van der Waals surface area contributed by atoms with Gasteiger partial charge in [0.05, 0.1) is 12.8 Å². The zero-order valence-electron chi connectivity index (χ0n) is 13.3. The molecule has 0 radical (unpaired) electrons. The van der Waals surface area contributed by atoms with E-state index < -0.39 is 0 Å². The van der Waals surface area contributed by atoms with Gasteiger partial charge in [-0.1, -0.05) is 19.9 Å². The molecule has 0 amide bonds. The van der Waals surface area contributed by atoms with Crippen molar-refractivity contribution in [1.82, 2.24) is 10.6 Å². The highest BCUT2D eigenvalue weighted by molar-refractivity contribution is 7.09. The highest BCUT2D eigenvalue weighted by Crippen LogP contribution is 2.09. The number of aliphatic imine (C=N–C) groups is 1. The van der Waals surface area contributed by atoms with Gasteiger partial charge < -0.3 is 15.1 Å². The molecule has 0 bridgehead atoms. The summed E-state index contributed by atoms with van der Waals surface area (Å²) in [6.07, 6.45) is 3.71. The Balaban J connectivity index is 1.81. The van der Waals surface area contributed by atoms with E-state index in [9.17, 15) is 0 Å². The fourth-order valence-corrected chi connectivity index (χ4v) is 2.60. The monoisotopic (exact) mass is 319 g/mol. The first-order valence-corrected chi connectivity index (χ1v) is 8.69. The van der Waals surface area contributed by atoms with Crippen LogP contribution in [0.3, 0.4) is 0 Å². The first-order chi connectivity index (χ1) is 10.7. The standard InChI is InChI=1S/C17H25N3OS/c1-14(2)7-9-18-17(20-13-16-6-4-12-22-16)19-10-8-15-5-3-11-21-15/h3-6,11-12,14H,7-10,13H2,1-2H3,(H2,18,19,20). The molecule has 2 rings (SSSR count). The summed E-state index contributed by atoms with van der Waals surface area (Å²) in [4.78, 5) is 5.93. The third-order valence-electron chi connectivity index (χ3n) is 3.23. The fraction of sp³-hybridized carbons (Fsp3) is 0.471. The summed E-state index contributed by atoms with van der Waals surface area (Å²) in [5, 5.41) is 8.87. The number of thiophene rings is 1. The summed E-state index contributed by atoms with van der Waals surface area (Å²) in [5.41, 5.74) is 0. The van der Waals surface area contributed by atoms with Crippen LogP contribution in [-0.2, 0) is 13.0 Å². The van der Waals surface area contributed by atoms with Crippen LogP contribution in [0.5, 0.6) is 0 Å². The van der Waals surface area contributed by atoms with Crippen LogP contribution in [0.25, 0.3) is 0 Å². The van der Waals surface area contributed by atoms with Gasteiger partial charge in [-0.3, -0.25) is 0 Å². The van der Waals surface area contributed by atoms with Crippen LogP contribution in [0.1, 0.15) is 30.9 Å². The third-order valence-corrected chi connectivity index (χ3v) is 4.09. The van der Waals surface area contributed by atoms with Crippen molar-refractivity contribution in [3.05, 3.63) is 46.5 Å². The summed E-state index contributed by atoms with van der Waals surface area (Å²) in [6.45, 7) is 6.93. The Morgan fingerprint density at radius 2 is 2.09 bits per heavy atom. The lowest BCUT2D eigenvalue weighted by Gasteiger charge is -2.13. The molecule has 0 saturated heterocycles. The summed E-state index contributed by atoms with van der Waals surface area (Å²) in [5.74, 6) is 2.56. The second kappa shape index (κ2) is 9.30. The van der Waals surface area contributed by atoms with Gasteiger partial charge in [-0.05, 0) is 35.9 Å². The number of guanidine groups is 1. The van der Waals surface area contributed by atoms with Crippen LogP contribution in [0, 0.1) is 5.92 Å².